The predicted molar refractivity (Wildman–Crippen MR) is 83.3 cm³/mol. The number of hydrogen-bond donors (Lipinski definition) is 1. The van der Waals surface area contributed by atoms with Gasteiger partial charge in [-0.1, -0.05) is 26.0 Å². The van der Waals surface area contributed by atoms with E-state index in [0.29, 0.717) is 11.7 Å². The molecule has 2 nitrogen and oxygen atoms in total. The maximum atomic E-state index is 12.9. The van der Waals surface area contributed by atoms with Crippen LogP contribution in [0.2, 0.25) is 0 Å². The number of ketones is 1. The molecule has 1 heterocycles. The van der Waals surface area contributed by atoms with Crippen molar-refractivity contribution in [2.75, 3.05) is 11.9 Å². The Labute approximate surface area is 122 Å². The number of Topliss-reactive ketones (excluding diaryl/α,β-unsaturated/α-hetero) is 1. The molecule has 0 spiro atoms. The monoisotopic (exact) mass is 271 g/mol. The third kappa shape index (κ3) is 2.48. The zero-order valence-electron chi connectivity index (χ0n) is 12.6. The van der Waals surface area contributed by atoms with Crippen molar-refractivity contribution >= 4 is 11.5 Å². The molecule has 0 amide bonds. The molecule has 20 heavy (non-hydrogen) atoms. The summed E-state index contributed by atoms with van der Waals surface area (Å²) in [6.45, 7) is 5.65. The second-order valence-electron chi connectivity index (χ2n) is 6.69. The molecule has 0 radical (unpaired) electrons. The topological polar surface area (TPSA) is 29.1 Å². The molecule has 108 valence electrons. The van der Waals surface area contributed by atoms with Crippen molar-refractivity contribution in [1.29, 1.82) is 0 Å². The van der Waals surface area contributed by atoms with Gasteiger partial charge in [-0.2, -0.15) is 0 Å². The fraction of sp³-hybridized carbons (Fsp3) is 0.611. The minimum absolute atomic E-state index is 0.245. The third-order valence-corrected chi connectivity index (χ3v) is 5.33. The Balaban J connectivity index is 1.84. The van der Waals surface area contributed by atoms with Crippen molar-refractivity contribution < 1.29 is 4.79 Å². The average Bonchev–Trinajstić information content (AvgIpc) is 2.49. The first-order valence-corrected chi connectivity index (χ1v) is 8.06. The van der Waals surface area contributed by atoms with E-state index in [4.69, 9.17) is 0 Å². The summed E-state index contributed by atoms with van der Waals surface area (Å²) in [6.07, 6.45) is 5.52. The summed E-state index contributed by atoms with van der Waals surface area (Å²) in [5.74, 6) is 2.08. The molecule has 1 saturated carbocycles. The minimum Gasteiger partial charge on any atom is -0.385 e. The van der Waals surface area contributed by atoms with E-state index in [2.05, 4.69) is 25.2 Å². The fourth-order valence-electron chi connectivity index (χ4n) is 3.75. The lowest BCUT2D eigenvalue weighted by Gasteiger charge is -2.32. The van der Waals surface area contributed by atoms with Crippen molar-refractivity contribution in [3.8, 4) is 0 Å². The summed E-state index contributed by atoms with van der Waals surface area (Å²) in [4.78, 5) is 12.9. The minimum atomic E-state index is 0.245. The van der Waals surface area contributed by atoms with E-state index in [9.17, 15) is 4.79 Å². The maximum Gasteiger partial charge on any atom is 0.166 e. The van der Waals surface area contributed by atoms with E-state index in [1.807, 2.05) is 12.1 Å². The van der Waals surface area contributed by atoms with Gasteiger partial charge in [0.25, 0.3) is 0 Å². The lowest BCUT2D eigenvalue weighted by atomic mass is 9.73. The number of carbonyl (C=O) groups is 1. The summed E-state index contributed by atoms with van der Waals surface area (Å²) in [5, 5.41) is 3.42. The zero-order valence-corrected chi connectivity index (χ0v) is 12.6. The molecule has 1 aromatic carbocycles. The largest absolute Gasteiger partial charge is 0.385 e. The Hall–Kier alpha value is -1.31. The number of anilines is 1. The number of fused-ring (bicyclic) bond motifs is 1. The fourth-order valence-corrected chi connectivity index (χ4v) is 3.75. The van der Waals surface area contributed by atoms with Gasteiger partial charge in [0.05, 0.1) is 0 Å². The molecule has 2 heteroatoms. The van der Waals surface area contributed by atoms with Gasteiger partial charge < -0.3 is 5.32 Å². The van der Waals surface area contributed by atoms with Crippen LogP contribution in [0.25, 0.3) is 0 Å². The maximum absolute atomic E-state index is 12.9. The van der Waals surface area contributed by atoms with Gasteiger partial charge in [0.2, 0.25) is 0 Å². The van der Waals surface area contributed by atoms with Crippen LogP contribution in [-0.2, 0) is 6.42 Å². The second-order valence-corrected chi connectivity index (χ2v) is 6.69. The van der Waals surface area contributed by atoms with Crippen LogP contribution in [0.1, 0.15) is 55.5 Å². The highest BCUT2D eigenvalue weighted by atomic mass is 16.1. The number of benzene rings is 1. The normalized spacial score (nSPS) is 29.4. The lowest BCUT2D eigenvalue weighted by molar-refractivity contribution is 0.0836. The zero-order chi connectivity index (χ0) is 14.1. The van der Waals surface area contributed by atoms with Gasteiger partial charge in [-0.25, -0.2) is 0 Å². The van der Waals surface area contributed by atoms with Crippen LogP contribution in [0.5, 0.6) is 0 Å². The standard InChI is InChI=1S/C18H25NO/c1-12-8-9-14(11-13(12)2)18(20)16-5-3-7-17-15(16)6-4-10-19-17/h3,5,7,12-14,19H,4,6,8-11H2,1-2H3. The average molecular weight is 271 g/mol. The number of nitrogens with one attached hydrogen (secondary N) is 1. The number of hydrogen-bond acceptors (Lipinski definition) is 2. The van der Waals surface area contributed by atoms with Gasteiger partial charge in [-0.3, -0.25) is 4.79 Å². The number of carbonyl (C=O) groups excluding carboxylic acids is 1. The predicted octanol–water partition coefficient (Wildman–Crippen LogP) is 4.30. The van der Waals surface area contributed by atoms with Gasteiger partial charge >= 0.3 is 0 Å². The van der Waals surface area contributed by atoms with Crippen LogP contribution in [0.4, 0.5) is 5.69 Å². The van der Waals surface area contributed by atoms with Gasteiger partial charge in [0.15, 0.2) is 5.78 Å². The van der Waals surface area contributed by atoms with E-state index in [0.717, 1.165) is 43.7 Å². The van der Waals surface area contributed by atoms with Gasteiger partial charge in [0, 0.05) is 23.7 Å². The lowest BCUT2D eigenvalue weighted by Crippen LogP contribution is -2.27. The van der Waals surface area contributed by atoms with Crippen molar-refractivity contribution in [2.24, 2.45) is 17.8 Å². The van der Waals surface area contributed by atoms with Crippen LogP contribution in [-0.4, -0.2) is 12.3 Å². The molecule has 1 aliphatic carbocycles. The highest BCUT2D eigenvalue weighted by Crippen LogP contribution is 2.36. The van der Waals surface area contributed by atoms with E-state index in [1.54, 1.807) is 0 Å². The Morgan fingerprint density at radius 2 is 2.05 bits per heavy atom. The molecule has 3 unspecified atom stereocenters. The summed E-state index contributed by atoms with van der Waals surface area (Å²) in [6, 6.07) is 6.17. The van der Waals surface area contributed by atoms with Crippen LogP contribution in [0, 0.1) is 17.8 Å². The molecule has 2 aliphatic rings. The molecule has 0 aromatic heterocycles. The van der Waals surface area contributed by atoms with Crippen LogP contribution < -0.4 is 5.32 Å². The summed E-state index contributed by atoms with van der Waals surface area (Å²) >= 11 is 0. The highest BCUT2D eigenvalue weighted by Gasteiger charge is 2.31. The quantitative estimate of drug-likeness (QED) is 0.813. The summed E-state index contributed by atoms with van der Waals surface area (Å²) < 4.78 is 0. The third-order valence-electron chi connectivity index (χ3n) is 5.33. The Morgan fingerprint density at radius 3 is 2.85 bits per heavy atom. The molecule has 1 fully saturated rings. The second kappa shape index (κ2) is 5.59. The summed E-state index contributed by atoms with van der Waals surface area (Å²) in [5.41, 5.74) is 3.43. The molecule has 1 aromatic rings. The number of rotatable bonds is 2. The van der Waals surface area contributed by atoms with Crippen LogP contribution in [0.3, 0.4) is 0 Å². The van der Waals surface area contributed by atoms with E-state index in [-0.39, 0.29) is 5.92 Å². The Morgan fingerprint density at radius 1 is 1.20 bits per heavy atom. The molecule has 0 saturated heterocycles. The van der Waals surface area contributed by atoms with Crippen molar-refractivity contribution in [2.45, 2.75) is 46.0 Å². The molecular formula is C18H25NO. The van der Waals surface area contributed by atoms with Gasteiger partial charge in [-0.05, 0) is 55.6 Å². The highest BCUT2D eigenvalue weighted by molar-refractivity contribution is 6.00. The molecular weight excluding hydrogens is 246 g/mol. The van der Waals surface area contributed by atoms with E-state index >= 15 is 0 Å². The van der Waals surface area contributed by atoms with Crippen LogP contribution >= 0.6 is 0 Å². The van der Waals surface area contributed by atoms with Crippen molar-refractivity contribution in [1.82, 2.24) is 0 Å². The van der Waals surface area contributed by atoms with E-state index < -0.39 is 0 Å². The van der Waals surface area contributed by atoms with Gasteiger partial charge in [0.1, 0.15) is 0 Å². The van der Waals surface area contributed by atoms with E-state index in [1.165, 1.54) is 17.7 Å². The molecule has 3 rings (SSSR count). The smallest absolute Gasteiger partial charge is 0.166 e. The molecule has 0 bridgehead atoms. The van der Waals surface area contributed by atoms with Crippen molar-refractivity contribution in [3.05, 3.63) is 29.3 Å². The summed E-state index contributed by atoms with van der Waals surface area (Å²) in [7, 11) is 0. The molecule has 1 aliphatic heterocycles. The van der Waals surface area contributed by atoms with Gasteiger partial charge in [-0.15, -0.1) is 0 Å². The van der Waals surface area contributed by atoms with Crippen molar-refractivity contribution in [3.63, 3.8) is 0 Å². The Kier molecular flexibility index (Phi) is 3.82. The first-order chi connectivity index (χ1) is 9.66. The van der Waals surface area contributed by atoms with Crippen LogP contribution in [0.15, 0.2) is 18.2 Å². The first kappa shape index (κ1) is 13.7. The molecule has 1 N–H and O–H groups in total. The first-order valence-electron chi connectivity index (χ1n) is 8.06. The SMILES string of the molecule is CC1CCC(C(=O)c2cccc3c2CCCN3)CC1C. The molecule has 3 atom stereocenters. The Bertz CT molecular complexity index is 508.